The minimum absolute atomic E-state index is 0.0807. The van der Waals surface area contributed by atoms with E-state index >= 15 is 0 Å². The number of carbonyl (C=O) groups is 1. The van der Waals surface area contributed by atoms with Gasteiger partial charge in [-0.1, -0.05) is 41.9 Å². The third kappa shape index (κ3) is 4.58. The fourth-order valence-electron chi connectivity index (χ4n) is 2.67. The Morgan fingerprint density at radius 2 is 1.79 bits per heavy atom. The van der Waals surface area contributed by atoms with Crippen LogP contribution in [-0.4, -0.2) is 30.7 Å². The number of thiophene rings is 1. The third-order valence-corrected chi connectivity index (χ3v) is 5.45. The Bertz CT molecular complexity index is 1010. The summed E-state index contributed by atoms with van der Waals surface area (Å²) in [6.07, 6.45) is 0. The first-order valence-corrected chi connectivity index (χ1v) is 9.73. The Morgan fingerprint density at radius 3 is 2.39 bits per heavy atom. The molecule has 0 saturated heterocycles. The van der Waals surface area contributed by atoms with E-state index < -0.39 is 0 Å². The van der Waals surface area contributed by atoms with E-state index in [0.717, 1.165) is 16.7 Å². The van der Waals surface area contributed by atoms with E-state index in [1.165, 1.54) is 17.4 Å². The van der Waals surface area contributed by atoms with Crippen molar-refractivity contribution in [3.8, 4) is 11.1 Å². The predicted octanol–water partition coefficient (Wildman–Crippen LogP) is 5.02. The lowest BCUT2D eigenvalue weighted by molar-refractivity contribution is 0.0954. The Balaban J connectivity index is 1.75. The fraction of sp³-hybridized carbons (Fsp3) is 0.143. The van der Waals surface area contributed by atoms with Gasteiger partial charge in [0.2, 0.25) is 0 Å². The van der Waals surface area contributed by atoms with E-state index in [1.54, 1.807) is 29.2 Å². The summed E-state index contributed by atoms with van der Waals surface area (Å²) in [5.74, 6) is -0.241. The number of hydrogen-bond acceptors (Lipinski definition) is 3. The van der Waals surface area contributed by atoms with E-state index in [2.05, 4.69) is 5.32 Å². The Morgan fingerprint density at radius 1 is 1.11 bits per heavy atom. The monoisotopic (exact) mass is 415 g/mol. The van der Waals surface area contributed by atoms with Crippen LogP contribution in [0.15, 0.2) is 54.6 Å². The molecule has 2 aromatic carbocycles. The molecule has 3 rings (SSSR count). The molecule has 1 heterocycles. The van der Waals surface area contributed by atoms with Crippen molar-refractivity contribution in [1.82, 2.24) is 10.2 Å². The minimum Gasteiger partial charge on any atom is -0.363 e. The molecule has 0 radical (unpaired) electrons. The standard InChI is InChI=1S/C21H19ClFN3OS/c1-26(2)20(24)14-5-3-13(4-6-14)15-7-8-17(23)16(11-15)12-25-21(27)18-9-10-19(22)28-18/h3-11,24H,12H2,1-2H3,(H,25,27). The van der Waals surface area contributed by atoms with E-state index in [1.807, 2.05) is 38.4 Å². The molecule has 4 nitrogen and oxygen atoms in total. The second-order valence-electron chi connectivity index (χ2n) is 6.41. The van der Waals surface area contributed by atoms with Crippen LogP contribution in [0, 0.1) is 11.2 Å². The molecular weight excluding hydrogens is 397 g/mol. The molecule has 0 saturated carbocycles. The molecule has 3 aromatic rings. The van der Waals surface area contributed by atoms with Gasteiger partial charge in [0.15, 0.2) is 0 Å². The van der Waals surface area contributed by atoms with Crippen molar-refractivity contribution in [2.75, 3.05) is 14.1 Å². The molecule has 7 heteroatoms. The highest BCUT2D eigenvalue weighted by atomic mass is 35.5. The number of hydrogen-bond donors (Lipinski definition) is 2. The van der Waals surface area contributed by atoms with Crippen LogP contribution in [0.25, 0.3) is 11.1 Å². The maximum atomic E-state index is 14.2. The average molecular weight is 416 g/mol. The average Bonchev–Trinajstić information content (AvgIpc) is 3.13. The first-order valence-electron chi connectivity index (χ1n) is 8.54. The lowest BCUT2D eigenvalue weighted by Crippen LogP contribution is -2.22. The van der Waals surface area contributed by atoms with Crippen molar-refractivity contribution >= 4 is 34.7 Å². The second kappa shape index (κ2) is 8.54. The van der Waals surface area contributed by atoms with Gasteiger partial charge in [0, 0.05) is 31.8 Å². The molecule has 0 spiro atoms. The van der Waals surface area contributed by atoms with E-state index in [4.69, 9.17) is 17.0 Å². The largest absolute Gasteiger partial charge is 0.363 e. The van der Waals surface area contributed by atoms with Crippen LogP contribution in [0.5, 0.6) is 0 Å². The highest BCUT2D eigenvalue weighted by Gasteiger charge is 2.11. The predicted molar refractivity (Wildman–Crippen MR) is 113 cm³/mol. The topological polar surface area (TPSA) is 56.2 Å². The number of nitrogens with one attached hydrogen (secondary N) is 2. The lowest BCUT2D eigenvalue weighted by atomic mass is 10.0. The number of nitrogens with zero attached hydrogens (tertiary/aromatic N) is 1. The van der Waals surface area contributed by atoms with Crippen molar-refractivity contribution in [3.05, 3.63) is 80.8 Å². The SMILES string of the molecule is CN(C)C(=N)c1ccc(-c2ccc(F)c(CNC(=O)c3ccc(Cl)s3)c2)cc1. The summed E-state index contributed by atoms with van der Waals surface area (Å²) in [4.78, 5) is 14.4. The number of carbonyl (C=O) groups excluding carboxylic acids is 1. The quantitative estimate of drug-likeness (QED) is 0.454. The van der Waals surface area contributed by atoms with Crippen LogP contribution in [0.4, 0.5) is 4.39 Å². The molecule has 0 aliphatic carbocycles. The fourth-order valence-corrected chi connectivity index (χ4v) is 3.63. The molecule has 2 N–H and O–H groups in total. The van der Waals surface area contributed by atoms with Gasteiger partial charge < -0.3 is 10.2 Å². The smallest absolute Gasteiger partial charge is 0.261 e. The lowest BCUT2D eigenvalue weighted by Gasteiger charge is -2.14. The zero-order chi connectivity index (χ0) is 20.3. The van der Waals surface area contributed by atoms with Crippen molar-refractivity contribution in [3.63, 3.8) is 0 Å². The van der Waals surface area contributed by atoms with Crippen molar-refractivity contribution in [2.45, 2.75) is 6.54 Å². The molecule has 1 amide bonds. The maximum absolute atomic E-state index is 14.2. The third-order valence-electron chi connectivity index (χ3n) is 4.22. The molecular formula is C21H19ClFN3OS. The number of benzene rings is 2. The summed E-state index contributed by atoms with van der Waals surface area (Å²) >= 11 is 7.03. The Kier molecular flexibility index (Phi) is 6.11. The van der Waals surface area contributed by atoms with Crippen molar-refractivity contribution in [2.24, 2.45) is 0 Å². The van der Waals surface area contributed by atoms with Gasteiger partial charge in [-0.3, -0.25) is 10.2 Å². The van der Waals surface area contributed by atoms with E-state index in [0.29, 0.717) is 20.6 Å². The summed E-state index contributed by atoms with van der Waals surface area (Å²) in [6.45, 7) is 0.0807. The Labute approximate surface area is 172 Å². The highest BCUT2D eigenvalue weighted by molar-refractivity contribution is 7.17. The van der Waals surface area contributed by atoms with Crippen LogP contribution in [0.3, 0.4) is 0 Å². The summed E-state index contributed by atoms with van der Waals surface area (Å²) in [6, 6.07) is 15.6. The minimum atomic E-state index is -0.376. The number of amidine groups is 1. The Hall–Kier alpha value is -2.70. The van der Waals surface area contributed by atoms with Crippen molar-refractivity contribution < 1.29 is 9.18 Å². The van der Waals surface area contributed by atoms with Crippen LogP contribution in [0.1, 0.15) is 20.8 Å². The van der Waals surface area contributed by atoms with Crippen LogP contribution >= 0.6 is 22.9 Å². The molecule has 144 valence electrons. The maximum Gasteiger partial charge on any atom is 0.261 e. The second-order valence-corrected chi connectivity index (χ2v) is 8.13. The molecule has 0 unspecified atom stereocenters. The summed E-state index contributed by atoms with van der Waals surface area (Å²) in [5.41, 5.74) is 2.96. The zero-order valence-electron chi connectivity index (χ0n) is 15.4. The van der Waals surface area contributed by atoms with Gasteiger partial charge >= 0.3 is 0 Å². The van der Waals surface area contributed by atoms with Gasteiger partial charge in [0.1, 0.15) is 11.7 Å². The molecule has 1 aromatic heterocycles. The first kappa shape index (κ1) is 20.0. The molecule has 0 aliphatic rings. The van der Waals surface area contributed by atoms with Crippen LogP contribution in [0.2, 0.25) is 4.34 Å². The van der Waals surface area contributed by atoms with Gasteiger partial charge in [-0.25, -0.2) is 4.39 Å². The molecule has 28 heavy (non-hydrogen) atoms. The van der Waals surface area contributed by atoms with Gasteiger partial charge in [-0.05, 0) is 35.4 Å². The van der Waals surface area contributed by atoms with Gasteiger partial charge in [0.25, 0.3) is 5.91 Å². The van der Waals surface area contributed by atoms with E-state index in [-0.39, 0.29) is 18.3 Å². The number of rotatable bonds is 5. The van der Waals surface area contributed by atoms with Gasteiger partial charge in [-0.15, -0.1) is 11.3 Å². The van der Waals surface area contributed by atoms with Crippen LogP contribution in [-0.2, 0) is 6.54 Å². The molecule has 0 bridgehead atoms. The first-order chi connectivity index (χ1) is 13.3. The van der Waals surface area contributed by atoms with Gasteiger partial charge in [-0.2, -0.15) is 0 Å². The summed E-state index contributed by atoms with van der Waals surface area (Å²) in [7, 11) is 3.64. The normalized spacial score (nSPS) is 10.6. The molecule has 0 aliphatic heterocycles. The van der Waals surface area contributed by atoms with Gasteiger partial charge in [0.05, 0.1) is 9.21 Å². The zero-order valence-corrected chi connectivity index (χ0v) is 17.0. The van der Waals surface area contributed by atoms with Crippen LogP contribution < -0.4 is 5.32 Å². The highest BCUT2D eigenvalue weighted by Crippen LogP contribution is 2.24. The van der Waals surface area contributed by atoms with E-state index in [9.17, 15) is 9.18 Å². The number of amides is 1. The molecule has 0 atom stereocenters. The summed E-state index contributed by atoms with van der Waals surface area (Å²) in [5, 5.41) is 10.7. The summed E-state index contributed by atoms with van der Waals surface area (Å²) < 4.78 is 14.7. The number of halogens is 2. The van der Waals surface area contributed by atoms with Crippen molar-refractivity contribution in [1.29, 1.82) is 5.41 Å². The molecule has 0 fully saturated rings.